The van der Waals surface area contributed by atoms with Gasteiger partial charge in [0, 0.05) is 91.2 Å². The molecule has 13 aromatic rings. The summed E-state index contributed by atoms with van der Waals surface area (Å²) in [4.78, 5) is 0. The molecule has 10 heteroatoms. The Hall–Kier alpha value is -12.8. The Morgan fingerprint density at radius 2 is 0.591 bits per heavy atom. The van der Waals surface area contributed by atoms with Gasteiger partial charge in [0.15, 0.2) is 31.1 Å². The predicted molar refractivity (Wildman–Crippen MR) is 567 cm³/mol. The molecule has 5 heterocycles. The van der Waals surface area contributed by atoms with Gasteiger partial charge in [-0.15, -0.1) is 0 Å². The van der Waals surface area contributed by atoms with Crippen LogP contribution in [0.1, 0.15) is 271 Å². The van der Waals surface area contributed by atoms with E-state index >= 15 is 0 Å². The van der Waals surface area contributed by atoms with Crippen LogP contribution < -0.4 is 23.7 Å². The Labute approximate surface area is 817 Å². The van der Waals surface area contributed by atoms with Gasteiger partial charge in [-0.1, -0.05) is 308 Å². The van der Waals surface area contributed by atoms with Crippen molar-refractivity contribution in [2.24, 2.45) is 17.8 Å². The standard InChI is InChI=1S/C31H30NO.C27H32NO.C26H28NO.C26H36NO.C17H18NO/c1-4-24-13-11-12-18-29(24)32-21-25-19-23(2)20-28(30(25)33-22-32)31(3,26-14-7-5-8-15-26)27-16-9-6-10-17-27;1-3-22-6-4-5-7-25(22)28-16-23-8-18(2)9-24(26(23)29-17-28)27-13-19-10-20(14-27)12-21(11-19)15-27;1-5-20-11-9-10-14-24(20)27-17-21-15-19(2)16-23(25(21)28-18-27)26(3,4)22-12-7-6-8-13-22;1-8-19-13-11-12-14-23(19)27-17-20-15-21(25(4,5)9-2)16-22(24(20)28-18-27)26(6,7)10-3;1-3-14-8-4-5-10-16(14)18-11-15-9-6-7-13(2)17(15)19-12-18/h5-21H,4,22H2,1-3H3;4-9,16,19-21H,3,10-15,17H2,1-2H3;6-17H,5,18H2,1-4H3;11-17H,8-10,18H2,1-7H3;4-11H,3,12H2,1-2H3/q5*+1. The highest BCUT2D eigenvalue weighted by atomic mass is 16.5. The van der Waals surface area contributed by atoms with Crippen LogP contribution in [0, 0.1) is 45.4 Å². The minimum absolute atomic E-state index is 0.0846. The topological polar surface area (TPSA) is 61.2 Å². The molecule has 13 aromatic carbocycles. The second-order valence-electron chi connectivity index (χ2n) is 41.4. The van der Waals surface area contributed by atoms with E-state index in [1.165, 1.54) is 178 Å². The van der Waals surface area contributed by atoms with Crippen LogP contribution in [-0.4, -0.2) is 87.6 Å². The second kappa shape index (κ2) is 41.3. The number of rotatable bonds is 20. The molecule has 4 saturated carbocycles. The average molecular weight is 1820 g/mol. The van der Waals surface area contributed by atoms with Crippen LogP contribution in [0.15, 0.2) is 279 Å². The van der Waals surface area contributed by atoms with E-state index in [1.54, 1.807) is 0 Å². The van der Waals surface area contributed by atoms with Crippen LogP contribution in [0.5, 0.6) is 28.7 Å². The Morgan fingerprint density at radius 1 is 0.277 bits per heavy atom. The van der Waals surface area contributed by atoms with Gasteiger partial charge in [0.1, 0.15) is 28.7 Å². The number of para-hydroxylation sites is 6. The van der Waals surface area contributed by atoms with Crippen molar-refractivity contribution in [3.8, 4) is 28.7 Å². The molecule has 9 aliphatic rings. The zero-order valence-electron chi connectivity index (χ0n) is 84.7. The quantitative estimate of drug-likeness (QED) is 0.0562. The summed E-state index contributed by atoms with van der Waals surface area (Å²) in [5.41, 5.74) is 34.5. The van der Waals surface area contributed by atoms with Gasteiger partial charge in [-0.25, -0.2) is 0 Å². The summed E-state index contributed by atoms with van der Waals surface area (Å²) in [5, 5.41) is 0. The van der Waals surface area contributed by atoms with E-state index in [1.807, 2.05) is 0 Å². The number of benzene rings is 13. The van der Waals surface area contributed by atoms with Crippen LogP contribution in [-0.2, 0) is 59.2 Å². The third kappa shape index (κ3) is 20.1. The van der Waals surface area contributed by atoms with Crippen molar-refractivity contribution in [2.45, 2.75) is 235 Å². The summed E-state index contributed by atoms with van der Waals surface area (Å²) < 4.78 is 43.0. The smallest absolute Gasteiger partial charge is 0.292 e. The molecule has 0 radical (unpaired) electrons. The minimum Gasteiger partial charge on any atom is -0.435 e. The lowest BCUT2D eigenvalue weighted by atomic mass is 9.48. The third-order valence-corrected chi connectivity index (χ3v) is 31.1. The largest absolute Gasteiger partial charge is 0.435 e. The lowest BCUT2D eigenvalue weighted by Gasteiger charge is -2.57. The zero-order valence-corrected chi connectivity index (χ0v) is 84.7. The Morgan fingerprint density at radius 3 is 0.978 bits per heavy atom. The molecule has 0 atom stereocenters. The first-order valence-electron chi connectivity index (χ1n) is 50.8. The van der Waals surface area contributed by atoms with Crippen LogP contribution in [0.25, 0.3) is 0 Å². The molecule has 137 heavy (non-hydrogen) atoms. The van der Waals surface area contributed by atoms with E-state index < -0.39 is 0 Å². The maximum absolute atomic E-state index is 6.56. The van der Waals surface area contributed by atoms with Gasteiger partial charge in [0.2, 0.25) is 28.4 Å². The van der Waals surface area contributed by atoms with Gasteiger partial charge in [-0.05, 0) is 227 Å². The molecule has 4 aliphatic carbocycles. The van der Waals surface area contributed by atoms with Gasteiger partial charge < -0.3 is 23.7 Å². The lowest BCUT2D eigenvalue weighted by molar-refractivity contribution is -0.477. The van der Waals surface area contributed by atoms with Gasteiger partial charge in [-0.2, -0.15) is 22.9 Å². The molecule has 10 nitrogen and oxygen atoms in total. The van der Waals surface area contributed by atoms with Crippen molar-refractivity contribution >= 4 is 59.5 Å². The average Bonchev–Trinajstić information content (AvgIpc) is 0.703. The van der Waals surface area contributed by atoms with E-state index in [0.29, 0.717) is 39.1 Å². The molecule has 0 N–H and O–H groups in total. The van der Waals surface area contributed by atoms with Crippen LogP contribution in [0.2, 0.25) is 0 Å². The molecule has 0 saturated heterocycles. The maximum Gasteiger partial charge on any atom is 0.292 e. The van der Waals surface area contributed by atoms with E-state index in [2.05, 4.69) is 458 Å². The maximum atomic E-state index is 6.56. The molecule has 0 unspecified atom stereocenters. The van der Waals surface area contributed by atoms with E-state index in [0.717, 1.165) is 102 Å². The monoisotopic (exact) mass is 1820 g/mol. The first kappa shape index (κ1) is 95.9. The highest BCUT2D eigenvalue weighted by Gasteiger charge is 2.53. The van der Waals surface area contributed by atoms with Crippen molar-refractivity contribution in [2.75, 3.05) is 33.7 Å². The number of hydrogen-bond acceptors (Lipinski definition) is 5. The Balaban J connectivity index is 0.000000120. The van der Waals surface area contributed by atoms with Crippen molar-refractivity contribution in [3.05, 3.63) is 401 Å². The van der Waals surface area contributed by atoms with Crippen LogP contribution in [0.3, 0.4) is 0 Å². The zero-order chi connectivity index (χ0) is 95.9. The fourth-order valence-corrected chi connectivity index (χ4v) is 22.9. The molecule has 4 bridgehead atoms. The van der Waals surface area contributed by atoms with Gasteiger partial charge in [0.25, 0.3) is 33.7 Å². The summed E-state index contributed by atoms with van der Waals surface area (Å²) in [7, 11) is 0. The molecule has 5 aliphatic heterocycles. The van der Waals surface area contributed by atoms with E-state index in [9.17, 15) is 0 Å². The molecule has 0 amide bonds. The normalized spacial score (nSPS) is 17.5. The number of aryl methyl sites for hydroxylation is 9. The van der Waals surface area contributed by atoms with Crippen molar-refractivity contribution in [3.63, 3.8) is 0 Å². The van der Waals surface area contributed by atoms with Crippen molar-refractivity contribution < 1.29 is 46.6 Å². The minimum atomic E-state index is -0.337. The molecule has 4 fully saturated rings. The first-order valence-corrected chi connectivity index (χ1v) is 50.8. The summed E-state index contributed by atoms with van der Waals surface area (Å²) >= 11 is 0. The number of nitrogens with zero attached hydrogens (tertiary/aromatic N) is 5. The molecule has 0 aromatic heterocycles. The van der Waals surface area contributed by atoms with Gasteiger partial charge in [0.05, 0.1) is 27.8 Å². The molecule has 0 spiro atoms. The Bertz CT molecular complexity index is 6650. The predicted octanol–water partition coefficient (Wildman–Crippen LogP) is 29.6. The van der Waals surface area contributed by atoms with Crippen molar-refractivity contribution in [1.82, 2.24) is 0 Å². The number of hydrogen-bond donors (Lipinski definition) is 0. The highest BCUT2D eigenvalue weighted by molar-refractivity contribution is 5.87. The summed E-state index contributed by atoms with van der Waals surface area (Å²) in [6, 6.07) is 100.0. The SMILES string of the molecule is CCc1ccccc1[N+]1=Cc2cc(C(C)(C)CC)cc(C(C)(C)CC)c2OC1.CCc1ccccc1[N+]1=Cc2cc(C)cc(C(C)(C)c3ccccc3)c2OC1.CCc1ccccc1[N+]1=Cc2cc(C)cc(C(C)(c3ccccc3)c3ccccc3)c2OC1.CCc1ccccc1[N+]1=Cc2cc(C)cc(C34CC5CC(CC(C5)C3)C4)c2OC1.CCc1ccccc1[N+]1=Cc2cccc(C)c2OC1. The van der Waals surface area contributed by atoms with Crippen molar-refractivity contribution in [1.29, 1.82) is 0 Å². The number of ether oxygens (including phenoxy) is 5. The first-order chi connectivity index (χ1) is 66.3. The Kier molecular flexibility index (Phi) is 28.9. The lowest BCUT2D eigenvalue weighted by Crippen LogP contribution is -2.49. The summed E-state index contributed by atoms with van der Waals surface area (Å²) in [5.74, 6) is 8.10. The highest BCUT2D eigenvalue weighted by Crippen LogP contribution is 2.63. The second-order valence-corrected chi connectivity index (χ2v) is 41.4. The van der Waals surface area contributed by atoms with Gasteiger partial charge >= 0.3 is 0 Å². The molecular weight excluding hydrogens is 1680 g/mol. The van der Waals surface area contributed by atoms with Gasteiger partial charge in [-0.3, -0.25) is 0 Å². The van der Waals surface area contributed by atoms with E-state index in [4.69, 9.17) is 23.7 Å². The summed E-state index contributed by atoms with van der Waals surface area (Å²) in [6.45, 7) is 43.2. The molecule has 22 rings (SSSR count). The fourth-order valence-electron chi connectivity index (χ4n) is 22.9. The van der Waals surface area contributed by atoms with Crippen LogP contribution >= 0.6 is 0 Å². The third-order valence-electron chi connectivity index (χ3n) is 31.1. The number of fused-ring (bicyclic) bond motifs is 5. The van der Waals surface area contributed by atoms with Crippen LogP contribution in [0.4, 0.5) is 28.4 Å². The van der Waals surface area contributed by atoms with E-state index in [-0.39, 0.29) is 21.7 Å². The fraction of sp³-hybridized carbons (Fsp3) is 0.346. The summed E-state index contributed by atoms with van der Waals surface area (Å²) in [6.07, 6.45) is 27.2. The molecular formula is C127H144N5O5+5. The molecule has 702 valence electrons.